The van der Waals surface area contributed by atoms with Gasteiger partial charge in [-0.3, -0.25) is 4.98 Å². The fourth-order valence-electron chi connectivity index (χ4n) is 2.42. The van der Waals surface area contributed by atoms with Gasteiger partial charge >= 0.3 is 0 Å². The molecule has 84 valence electrons. The molecular weight excluding hydrogens is 208 g/mol. The number of hydrogen-bond donors (Lipinski definition) is 1. The third-order valence-electron chi connectivity index (χ3n) is 3.19. The first-order chi connectivity index (χ1) is 8.16. The van der Waals surface area contributed by atoms with E-state index in [2.05, 4.69) is 36.2 Å². The highest BCUT2D eigenvalue weighted by Gasteiger charge is 2.07. The first-order valence-electron chi connectivity index (χ1n) is 5.72. The number of aromatic nitrogens is 1. The lowest BCUT2D eigenvalue weighted by Gasteiger charge is -2.09. The number of nitrogens with zero attached hydrogens (tertiary/aromatic N) is 1. The van der Waals surface area contributed by atoms with Crippen LogP contribution >= 0.6 is 0 Å². The summed E-state index contributed by atoms with van der Waals surface area (Å²) in [7, 11) is 0. The van der Waals surface area contributed by atoms with Crippen molar-refractivity contribution in [3.05, 3.63) is 47.7 Å². The van der Waals surface area contributed by atoms with Crippen LogP contribution in [-0.2, 0) is 0 Å². The molecular formula is C15H14N2. The number of nitrogen functional groups attached to an aromatic ring is 1. The van der Waals surface area contributed by atoms with E-state index in [1.807, 2.05) is 19.1 Å². The Bertz CT molecular complexity index is 730. The minimum absolute atomic E-state index is 0.797. The van der Waals surface area contributed by atoms with E-state index in [1.54, 1.807) is 0 Å². The standard InChI is InChI=1S/C15H14N2/c1-9-8-10(2)17-15-12(9)7-6-11-4-3-5-13(16)14(11)15/h3-8H,16H2,1-2H3. The van der Waals surface area contributed by atoms with Gasteiger partial charge in [0.25, 0.3) is 0 Å². The molecule has 1 heterocycles. The summed E-state index contributed by atoms with van der Waals surface area (Å²) in [5.74, 6) is 0. The van der Waals surface area contributed by atoms with Crippen LogP contribution < -0.4 is 5.73 Å². The van der Waals surface area contributed by atoms with Crippen LogP contribution in [0.2, 0.25) is 0 Å². The van der Waals surface area contributed by atoms with Gasteiger partial charge in [-0.1, -0.05) is 24.3 Å². The fourth-order valence-corrected chi connectivity index (χ4v) is 2.42. The molecule has 0 aliphatic rings. The molecule has 0 aliphatic carbocycles. The van der Waals surface area contributed by atoms with Gasteiger partial charge < -0.3 is 5.73 Å². The zero-order chi connectivity index (χ0) is 12.0. The van der Waals surface area contributed by atoms with Gasteiger partial charge in [0.1, 0.15) is 0 Å². The zero-order valence-electron chi connectivity index (χ0n) is 9.99. The van der Waals surface area contributed by atoms with Gasteiger partial charge in [0, 0.05) is 22.2 Å². The number of anilines is 1. The molecule has 0 unspecified atom stereocenters. The van der Waals surface area contributed by atoms with Crippen LogP contribution in [0.15, 0.2) is 36.4 Å². The molecule has 0 saturated carbocycles. The average molecular weight is 222 g/mol. The Balaban J connectivity index is 2.63. The van der Waals surface area contributed by atoms with Crippen molar-refractivity contribution >= 4 is 27.4 Å². The zero-order valence-corrected chi connectivity index (χ0v) is 9.99. The van der Waals surface area contributed by atoms with Crippen molar-refractivity contribution in [1.29, 1.82) is 0 Å². The third-order valence-corrected chi connectivity index (χ3v) is 3.19. The van der Waals surface area contributed by atoms with Gasteiger partial charge in [-0.15, -0.1) is 0 Å². The number of benzene rings is 2. The summed E-state index contributed by atoms with van der Waals surface area (Å²) in [6, 6.07) is 12.3. The number of hydrogen-bond acceptors (Lipinski definition) is 2. The van der Waals surface area contributed by atoms with Crippen LogP contribution in [0, 0.1) is 13.8 Å². The van der Waals surface area contributed by atoms with Crippen LogP contribution in [0.5, 0.6) is 0 Å². The monoisotopic (exact) mass is 222 g/mol. The summed E-state index contributed by atoms with van der Waals surface area (Å²) in [6.45, 7) is 4.13. The van der Waals surface area contributed by atoms with Crippen LogP contribution in [0.4, 0.5) is 5.69 Å². The second-order valence-electron chi connectivity index (χ2n) is 4.49. The fraction of sp³-hybridized carbons (Fsp3) is 0.133. The number of rotatable bonds is 0. The summed E-state index contributed by atoms with van der Waals surface area (Å²) >= 11 is 0. The molecule has 2 nitrogen and oxygen atoms in total. The Morgan fingerprint density at radius 1 is 1.06 bits per heavy atom. The maximum atomic E-state index is 6.08. The maximum absolute atomic E-state index is 6.08. The van der Waals surface area contributed by atoms with Gasteiger partial charge in [0.05, 0.1) is 5.52 Å². The lowest BCUT2D eigenvalue weighted by atomic mass is 10.0. The molecule has 1 aromatic heterocycles. The highest BCUT2D eigenvalue weighted by molar-refractivity contribution is 6.11. The third kappa shape index (κ3) is 1.45. The second-order valence-corrected chi connectivity index (χ2v) is 4.49. The minimum Gasteiger partial charge on any atom is -0.398 e. The van der Waals surface area contributed by atoms with E-state index >= 15 is 0 Å². The van der Waals surface area contributed by atoms with Crippen LogP contribution in [-0.4, -0.2) is 4.98 Å². The quantitative estimate of drug-likeness (QED) is 0.466. The predicted molar refractivity (Wildman–Crippen MR) is 73.1 cm³/mol. The maximum Gasteiger partial charge on any atom is 0.0806 e. The molecule has 0 saturated heterocycles. The van der Waals surface area contributed by atoms with Crippen LogP contribution in [0.3, 0.4) is 0 Å². The van der Waals surface area contributed by atoms with Crippen LogP contribution in [0.1, 0.15) is 11.3 Å². The average Bonchev–Trinajstić information content (AvgIpc) is 2.28. The Labute approximate surface area is 100 Å². The highest BCUT2D eigenvalue weighted by Crippen LogP contribution is 2.30. The number of nitrogens with two attached hydrogens (primary N) is 1. The topological polar surface area (TPSA) is 38.9 Å². The van der Waals surface area contributed by atoms with E-state index in [1.165, 1.54) is 10.9 Å². The molecule has 2 N–H and O–H groups in total. The molecule has 2 heteroatoms. The minimum atomic E-state index is 0.797. The molecule has 2 aromatic carbocycles. The van der Waals surface area contributed by atoms with Crippen molar-refractivity contribution in [2.45, 2.75) is 13.8 Å². The Kier molecular flexibility index (Phi) is 2.05. The molecule has 0 atom stereocenters. The van der Waals surface area contributed by atoms with Crippen LogP contribution in [0.25, 0.3) is 21.7 Å². The van der Waals surface area contributed by atoms with Gasteiger partial charge in [-0.05, 0) is 36.9 Å². The molecule has 0 spiro atoms. The molecule has 0 bridgehead atoms. The lowest BCUT2D eigenvalue weighted by Crippen LogP contribution is -1.92. The van der Waals surface area contributed by atoms with Gasteiger partial charge in [-0.25, -0.2) is 0 Å². The molecule has 0 aliphatic heterocycles. The van der Waals surface area contributed by atoms with Crippen molar-refractivity contribution in [1.82, 2.24) is 4.98 Å². The van der Waals surface area contributed by atoms with Crippen molar-refractivity contribution < 1.29 is 0 Å². The summed E-state index contributed by atoms with van der Waals surface area (Å²) in [5, 5.41) is 3.40. The van der Waals surface area contributed by atoms with Crippen molar-refractivity contribution in [2.75, 3.05) is 5.73 Å². The molecule has 0 amide bonds. The lowest BCUT2D eigenvalue weighted by molar-refractivity contribution is 1.24. The SMILES string of the molecule is Cc1cc(C)c2ccc3cccc(N)c3c2n1. The predicted octanol–water partition coefficient (Wildman–Crippen LogP) is 3.59. The van der Waals surface area contributed by atoms with Crippen molar-refractivity contribution in [2.24, 2.45) is 0 Å². The van der Waals surface area contributed by atoms with Gasteiger partial charge in [-0.2, -0.15) is 0 Å². The molecule has 0 radical (unpaired) electrons. The second kappa shape index (κ2) is 3.45. The number of aryl methyl sites for hydroxylation is 2. The molecule has 3 aromatic rings. The van der Waals surface area contributed by atoms with Crippen molar-refractivity contribution in [3.63, 3.8) is 0 Å². The summed E-state index contributed by atoms with van der Waals surface area (Å²) in [6.07, 6.45) is 0. The van der Waals surface area contributed by atoms with E-state index in [9.17, 15) is 0 Å². The molecule has 0 fully saturated rings. The first kappa shape index (κ1) is 10.1. The molecule has 3 rings (SSSR count). The van der Waals surface area contributed by atoms with E-state index < -0.39 is 0 Å². The molecule has 17 heavy (non-hydrogen) atoms. The highest BCUT2D eigenvalue weighted by atomic mass is 14.7. The normalized spacial score (nSPS) is 11.2. The first-order valence-corrected chi connectivity index (χ1v) is 5.72. The largest absolute Gasteiger partial charge is 0.398 e. The van der Waals surface area contributed by atoms with E-state index in [0.29, 0.717) is 0 Å². The number of fused-ring (bicyclic) bond motifs is 3. The summed E-state index contributed by atoms with van der Waals surface area (Å²) in [4.78, 5) is 4.65. The Hall–Kier alpha value is -2.09. The Morgan fingerprint density at radius 2 is 1.88 bits per heavy atom. The Morgan fingerprint density at radius 3 is 2.71 bits per heavy atom. The summed E-state index contributed by atoms with van der Waals surface area (Å²) in [5.41, 5.74) is 10.2. The number of pyridine rings is 1. The summed E-state index contributed by atoms with van der Waals surface area (Å²) < 4.78 is 0. The van der Waals surface area contributed by atoms with E-state index in [0.717, 1.165) is 27.7 Å². The van der Waals surface area contributed by atoms with Crippen molar-refractivity contribution in [3.8, 4) is 0 Å². The van der Waals surface area contributed by atoms with Gasteiger partial charge in [0.2, 0.25) is 0 Å². The van der Waals surface area contributed by atoms with E-state index in [4.69, 9.17) is 5.73 Å². The van der Waals surface area contributed by atoms with Gasteiger partial charge in [0.15, 0.2) is 0 Å². The van der Waals surface area contributed by atoms with E-state index in [-0.39, 0.29) is 0 Å². The smallest absolute Gasteiger partial charge is 0.0806 e.